The van der Waals surface area contributed by atoms with E-state index in [1.54, 1.807) is 0 Å². The van der Waals surface area contributed by atoms with Gasteiger partial charge in [-0.2, -0.15) is 0 Å². The molecule has 0 amide bonds. The molecule has 0 bridgehead atoms. The minimum absolute atomic E-state index is 0.807. The summed E-state index contributed by atoms with van der Waals surface area (Å²) in [6, 6.07) is 0.807. The first kappa shape index (κ1) is 12.0. The fraction of sp³-hybridized carbons (Fsp3) is 1.00. The standard InChI is InChI=1S/C13H27N/c1-3-5-11-14-13(4-2)12-9-7-6-8-10-12/h12-14H,3-11H2,1-2H3. The van der Waals surface area contributed by atoms with Crippen molar-refractivity contribution in [2.75, 3.05) is 6.54 Å². The van der Waals surface area contributed by atoms with Gasteiger partial charge in [0.15, 0.2) is 0 Å². The minimum Gasteiger partial charge on any atom is -0.314 e. The molecule has 1 N–H and O–H groups in total. The second-order valence-electron chi connectivity index (χ2n) is 4.72. The van der Waals surface area contributed by atoms with Crippen LogP contribution in [0.15, 0.2) is 0 Å². The van der Waals surface area contributed by atoms with E-state index < -0.39 is 0 Å². The Bertz CT molecular complexity index is 127. The van der Waals surface area contributed by atoms with Crippen LogP contribution in [0.2, 0.25) is 0 Å². The average Bonchev–Trinajstić information content (AvgIpc) is 2.26. The van der Waals surface area contributed by atoms with Gasteiger partial charge in [0.2, 0.25) is 0 Å². The molecular weight excluding hydrogens is 170 g/mol. The molecule has 1 aliphatic rings. The third kappa shape index (κ3) is 4.00. The maximum absolute atomic E-state index is 3.74. The first-order valence-electron chi connectivity index (χ1n) is 6.61. The zero-order valence-corrected chi connectivity index (χ0v) is 10.0. The Morgan fingerprint density at radius 1 is 1.14 bits per heavy atom. The molecule has 1 atom stereocenters. The van der Waals surface area contributed by atoms with E-state index in [1.807, 2.05) is 0 Å². The number of rotatable bonds is 6. The van der Waals surface area contributed by atoms with Crippen molar-refractivity contribution < 1.29 is 0 Å². The summed E-state index contributed by atoms with van der Waals surface area (Å²) < 4.78 is 0. The van der Waals surface area contributed by atoms with Crippen molar-refractivity contribution in [1.82, 2.24) is 5.32 Å². The smallest absolute Gasteiger partial charge is 0.00926 e. The highest BCUT2D eigenvalue weighted by Gasteiger charge is 2.21. The Morgan fingerprint density at radius 2 is 1.86 bits per heavy atom. The molecule has 14 heavy (non-hydrogen) atoms. The molecule has 1 fully saturated rings. The Morgan fingerprint density at radius 3 is 2.43 bits per heavy atom. The molecule has 0 aromatic carbocycles. The molecule has 1 nitrogen and oxygen atoms in total. The largest absolute Gasteiger partial charge is 0.314 e. The van der Waals surface area contributed by atoms with Crippen molar-refractivity contribution in [1.29, 1.82) is 0 Å². The van der Waals surface area contributed by atoms with E-state index in [0.717, 1.165) is 12.0 Å². The summed E-state index contributed by atoms with van der Waals surface area (Å²) in [5.41, 5.74) is 0. The van der Waals surface area contributed by atoms with Crippen molar-refractivity contribution in [3.8, 4) is 0 Å². The third-order valence-electron chi connectivity index (χ3n) is 3.60. The number of unbranched alkanes of at least 4 members (excludes halogenated alkanes) is 1. The molecule has 84 valence electrons. The summed E-state index contributed by atoms with van der Waals surface area (Å²) in [6.07, 6.45) is 11.3. The number of hydrogen-bond donors (Lipinski definition) is 1. The van der Waals surface area contributed by atoms with Crippen molar-refractivity contribution in [3.05, 3.63) is 0 Å². The predicted molar refractivity (Wildman–Crippen MR) is 63.6 cm³/mol. The monoisotopic (exact) mass is 197 g/mol. The molecule has 0 aromatic rings. The van der Waals surface area contributed by atoms with Crippen molar-refractivity contribution in [3.63, 3.8) is 0 Å². The van der Waals surface area contributed by atoms with Crippen molar-refractivity contribution in [2.24, 2.45) is 5.92 Å². The highest BCUT2D eigenvalue weighted by atomic mass is 14.9. The van der Waals surface area contributed by atoms with Crippen LogP contribution in [-0.4, -0.2) is 12.6 Å². The van der Waals surface area contributed by atoms with Crippen LogP contribution >= 0.6 is 0 Å². The minimum atomic E-state index is 0.807. The Balaban J connectivity index is 2.21. The molecule has 1 aliphatic carbocycles. The van der Waals surface area contributed by atoms with Crippen LogP contribution in [0.1, 0.15) is 65.2 Å². The lowest BCUT2D eigenvalue weighted by Gasteiger charge is -2.30. The summed E-state index contributed by atoms with van der Waals surface area (Å²) in [4.78, 5) is 0. The lowest BCUT2D eigenvalue weighted by atomic mass is 9.83. The summed E-state index contributed by atoms with van der Waals surface area (Å²) >= 11 is 0. The molecule has 0 radical (unpaired) electrons. The lowest BCUT2D eigenvalue weighted by Crippen LogP contribution is -2.37. The molecule has 1 heteroatoms. The SMILES string of the molecule is CCCCNC(CC)C1CCCCC1. The first-order valence-corrected chi connectivity index (χ1v) is 6.61. The van der Waals surface area contributed by atoms with Gasteiger partial charge in [-0.1, -0.05) is 39.5 Å². The van der Waals surface area contributed by atoms with Gasteiger partial charge < -0.3 is 5.32 Å². The molecule has 0 aromatic heterocycles. The van der Waals surface area contributed by atoms with E-state index in [9.17, 15) is 0 Å². The van der Waals surface area contributed by atoms with Gasteiger partial charge in [-0.25, -0.2) is 0 Å². The Kier molecular flexibility index (Phi) is 6.25. The second-order valence-corrected chi connectivity index (χ2v) is 4.72. The molecule has 0 aliphatic heterocycles. The van der Waals surface area contributed by atoms with Gasteiger partial charge in [-0.15, -0.1) is 0 Å². The topological polar surface area (TPSA) is 12.0 Å². The highest BCUT2D eigenvalue weighted by Crippen LogP contribution is 2.27. The van der Waals surface area contributed by atoms with Gasteiger partial charge in [-0.05, 0) is 38.1 Å². The molecular formula is C13H27N. The summed E-state index contributed by atoms with van der Waals surface area (Å²) in [5.74, 6) is 0.977. The van der Waals surface area contributed by atoms with Gasteiger partial charge in [0.05, 0.1) is 0 Å². The van der Waals surface area contributed by atoms with Crippen LogP contribution in [-0.2, 0) is 0 Å². The van der Waals surface area contributed by atoms with Crippen LogP contribution in [0.3, 0.4) is 0 Å². The highest BCUT2D eigenvalue weighted by molar-refractivity contribution is 4.78. The van der Waals surface area contributed by atoms with Crippen LogP contribution in [0.4, 0.5) is 0 Å². The summed E-state index contributed by atoms with van der Waals surface area (Å²) in [7, 11) is 0. The third-order valence-corrected chi connectivity index (χ3v) is 3.60. The normalized spacial score (nSPS) is 21.0. The summed E-state index contributed by atoms with van der Waals surface area (Å²) in [5, 5.41) is 3.74. The maximum Gasteiger partial charge on any atom is 0.00926 e. The molecule has 1 saturated carbocycles. The van der Waals surface area contributed by atoms with Crippen molar-refractivity contribution >= 4 is 0 Å². The van der Waals surface area contributed by atoms with E-state index in [0.29, 0.717) is 0 Å². The van der Waals surface area contributed by atoms with Gasteiger partial charge in [0.1, 0.15) is 0 Å². The van der Waals surface area contributed by atoms with Crippen LogP contribution in [0, 0.1) is 5.92 Å². The van der Waals surface area contributed by atoms with E-state index in [2.05, 4.69) is 19.2 Å². The van der Waals surface area contributed by atoms with E-state index in [1.165, 1.54) is 57.9 Å². The zero-order chi connectivity index (χ0) is 10.2. The molecule has 0 spiro atoms. The van der Waals surface area contributed by atoms with Crippen LogP contribution in [0.5, 0.6) is 0 Å². The van der Waals surface area contributed by atoms with Gasteiger partial charge in [0.25, 0.3) is 0 Å². The maximum atomic E-state index is 3.74. The van der Waals surface area contributed by atoms with Gasteiger partial charge in [-0.3, -0.25) is 0 Å². The fourth-order valence-electron chi connectivity index (χ4n) is 2.65. The molecule has 0 heterocycles. The first-order chi connectivity index (χ1) is 6.88. The molecule has 1 unspecified atom stereocenters. The number of nitrogens with one attached hydrogen (secondary N) is 1. The second kappa shape index (κ2) is 7.28. The van der Waals surface area contributed by atoms with E-state index in [-0.39, 0.29) is 0 Å². The molecule has 0 saturated heterocycles. The Labute approximate surface area is 89.7 Å². The lowest BCUT2D eigenvalue weighted by molar-refractivity contribution is 0.262. The Hall–Kier alpha value is -0.0400. The average molecular weight is 197 g/mol. The van der Waals surface area contributed by atoms with E-state index >= 15 is 0 Å². The van der Waals surface area contributed by atoms with Gasteiger partial charge >= 0.3 is 0 Å². The quantitative estimate of drug-likeness (QED) is 0.640. The summed E-state index contributed by atoms with van der Waals surface area (Å²) in [6.45, 7) is 5.83. The van der Waals surface area contributed by atoms with Gasteiger partial charge in [0, 0.05) is 6.04 Å². The van der Waals surface area contributed by atoms with Crippen LogP contribution < -0.4 is 5.32 Å². The number of hydrogen-bond acceptors (Lipinski definition) is 1. The zero-order valence-electron chi connectivity index (χ0n) is 10.0. The molecule has 1 rings (SSSR count). The predicted octanol–water partition coefficient (Wildman–Crippen LogP) is 3.74. The van der Waals surface area contributed by atoms with Crippen molar-refractivity contribution in [2.45, 2.75) is 71.3 Å². The van der Waals surface area contributed by atoms with E-state index in [4.69, 9.17) is 0 Å². The van der Waals surface area contributed by atoms with Crippen LogP contribution in [0.25, 0.3) is 0 Å². The fourth-order valence-corrected chi connectivity index (χ4v) is 2.65.